The van der Waals surface area contributed by atoms with Crippen LogP contribution in [0.2, 0.25) is 0 Å². The van der Waals surface area contributed by atoms with Crippen molar-refractivity contribution in [2.24, 2.45) is 0 Å². The van der Waals surface area contributed by atoms with Crippen molar-refractivity contribution in [1.82, 2.24) is 0 Å². The van der Waals surface area contributed by atoms with E-state index < -0.39 is 49.7 Å². The van der Waals surface area contributed by atoms with Crippen LogP contribution in [-0.2, 0) is 10.0 Å². The van der Waals surface area contributed by atoms with E-state index in [-0.39, 0.29) is 0 Å². The van der Waals surface area contributed by atoms with Gasteiger partial charge in [-0.15, -0.1) is 0 Å². The summed E-state index contributed by atoms with van der Waals surface area (Å²) in [5, 5.41) is 0. The average Bonchev–Trinajstić information content (AvgIpc) is 2.38. The van der Waals surface area contributed by atoms with Gasteiger partial charge in [0.1, 0.15) is 11.6 Å². The van der Waals surface area contributed by atoms with Gasteiger partial charge in [0, 0.05) is 6.07 Å². The number of nitrogens with one attached hydrogen (secondary N) is 1. The summed E-state index contributed by atoms with van der Waals surface area (Å²) in [7, 11) is -4.57. The minimum atomic E-state index is -4.57. The third kappa shape index (κ3) is 3.13. The summed E-state index contributed by atoms with van der Waals surface area (Å²) in [4.78, 5) is -0.830. The number of sulfonamides is 1. The molecule has 0 saturated heterocycles. The van der Waals surface area contributed by atoms with Crippen LogP contribution < -0.4 is 4.72 Å². The molecule has 2 aromatic rings. The monoisotopic (exact) mass is 323 g/mol. The number of benzene rings is 2. The van der Waals surface area contributed by atoms with Crippen LogP contribution in [0.5, 0.6) is 0 Å². The van der Waals surface area contributed by atoms with Gasteiger partial charge in [0.2, 0.25) is 0 Å². The second-order valence-corrected chi connectivity index (χ2v) is 5.62. The summed E-state index contributed by atoms with van der Waals surface area (Å²) in [5.41, 5.74) is -0.890. The van der Waals surface area contributed by atoms with Gasteiger partial charge in [-0.3, -0.25) is 4.72 Å². The smallest absolute Gasteiger partial charge is 0.262 e. The van der Waals surface area contributed by atoms with E-state index in [0.29, 0.717) is 30.3 Å². The van der Waals surface area contributed by atoms with E-state index in [1.54, 1.807) is 4.72 Å². The predicted octanol–water partition coefficient (Wildman–Crippen LogP) is 3.18. The van der Waals surface area contributed by atoms with E-state index >= 15 is 0 Å². The fraction of sp³-hybridized carbons (Fsp3) is 0. The van der Waals surface area contributed by atoms with Crippen molar-refractivity contribution in [2.75, 3.05) is 4.72 Å². The standard InChI is InChI=1S/C12H6F5NO2S/c13-6-3-7(14)5-8(4-6)21(19,20)18-10-2-1-9(15)11(16)12(10)17/h1-5,18H. The van der Waals surface area contributed by atoms with E-state index in [0.717, 1.165) is 0 Å². The van der Waals surface area contributed by atoms with Gasteiger partial charge >= 0.3 is 0 Å². The van der Waals surface area contributed by atoms with E-state index in [4.69, 9.17) is 0 Å². The highest BCUT2D eigenvalue weighted by atomic mass is 32.2. The Morgan fingerprint density at radius 3 is 1.95 bits per heavy atom. The molecule has 0 amide bonds. The molecule has 0 fully saturated rings. The fourth-order valence-corrected chi connectivity index (χ4v) is 2.59. The second kappa shape index (κ2) is 5.32. The third-order valence-corrected chi connectivity index (χ3v) is 3.77. The summed E-state index contributed by atoms with van der Waals surface area (Å²) < 4.78 is 90.3. The van der Waals surface area contributed by atoms with Gasteiger partial charge in [-0.25, -0.2) is 30.4 Å². The van der Waals surface area contributed by atoms with Crippen LogP contribution >= 0.6 is 0 Å². The molecule has 0 heterocycles. The van der Waals surface area contributed by atoms with Gasteiger partial charge in [0.15, 0.2) is 17.5 Å². The largest absolute Gasteiger partial charge is 0.277 e. The lowest BCUT2D eigenvalue weighted by molar-refractivity contribution is 0.449. The molecule has 2 aromatic carbocycles. The molecule has 2 rings (SSSR count). The highest BCUT2D eigenvalue weighted by Crippen LogP contribution is 2.23. The van der Waals surface area contributed by atoms with E-state index in [2.05, 4.69) is 0 Å². The molecule has 9 heteroatoms. The summed E-state index contributed by atoms with van der Waals surface area (Å²) in [5.74, 6) is -7.48. The number of rotatable bonds is 3. The molecule has 1 N–H and O–H groups in total. The van der Waals surface area contributed by atoms with Crippen LogP contribution in [0.25, 0.3) is 0 Å². The van der Waals surface area contributed by atoms with Crippen LogP contribution in [0.15, 0.2) is 35.2 Å². The Bertz CT molecular complexity index is 787. The van der Waals surface area contributed by atoms with Crippen molar-refractivity contribution in [2.45, 2.75) is 4.90 Å². The lowest BCUT2D eigenvalue weighted by atomic mass is 10.3. The molecule has 0 atom stereocenters. The van der Waals surface area contributed by atoms with Gasteiger partial charge in [0.05, 0.1) is 10.6 Å². The SMILES string of the molecule is O=S(=O)(Nc1ccc(F)c(F)c1F)c1cc(F)cc(F)c1. The predicted molar refractivity (Wildman–Crippen MR) is 63.5 cm³/mol. The summed E-state index contributed by atoms with van der Waals surface area (Å²) in [6.45, 7) is 0. The molecule has 0 aromatic heterocycles. The molecule has 0 aliphatic heterocycles. The highest BCUT2D eigenvalue weighted by molar-refractivity contribution is 7.92. The normalized spacial score (nSPS) is 11.5. The average molecular weight is 323 g/mol. The van der Waals surface area contributed by atoms with Gasteiger partial charge < -0.3 is 0 Å². The zero-order chi connectivity index (χ0) is 15.8. The molecule has 3 nitrogen and oxygen atoms in total. The van der Waals surface area contributed by atoms with Crippen LogP contribution in [0.4, 0.5) is 27.6 Å². The Morgan fingerprint density at radius 1 is 0.810 bits per heavy atom. The van der Waals surface area contributed by atoms with Crippen LogP contribution in [0.3, 0.4) is 0 Å². The molecular formula is C12H6F5NO2S. The third-order valence-electron chi connectivity index (χ3n) is 2.43. The lowest BCUT2D eigenvalue weighted by Gasteiger charge is -2.09. The van der Waals surface area contributed by atoms with Crippen molar-refractivity contribution in [3.05, 3.63) is 59.4 Å². The second-order valence-electron chi connectivity index (χ2n) is 3.93. The fourth-order valence-electron chi connectivity index (χ4n) is 1.49. The maximum absolute atomic E-state index is 13.4. The van der Waals surface area contributed by atoms with E-state index in [1.165, 1.54) is 0 Å². The highest BCUT2D eigenvalue weighted by Gasteiger charge is 2.21. The quantitative estimate of drug-likeness (QED) is 0.696. The number of hydrogen-bond acceptors (Lipinski definition) is 2. The van der Waals surface area contributed by atoms with Gasteiger partial charge in [-0.05, 0) is 24.3 Å². The first-order valence-electron chi connectivity index (χ1n) is 5.33. The van der Waals surface area contributed by atoms with Crippen molar-refractivity contribution in [1.29, 1.82) is 0 Å². The van der Waals surface area contributed by atoms with Crippen molar-refractivity contribution in [3.63, 3.8) is 0 Å². The van der Waals surface area contributed by atoms with E-state index in [1.807, 2.05) is 0 Å². The molecule has 0 saturated carbocycles. The minimum Gasteiger partial charge on any atom is -0.277 e. The maximum atomic E-state index is 13.4. The molecule has 0 spiro atoms. The molecule has 0 aliphatic carbocycles. The van der Waals surface area contributed by atoms with Crippen molar-refractivity contribution >= 4 is 15.7 Å². The Labute approximate surface area is 116 Å². The zero-order valence-corrected chi connectivity index (χ0v) is 10.8. The molecule has 0 radical (unpaired) electrons. The summed E-state index contributed by atoms with van der Waals surface area (Å²) in [6, 6.07) is 2.56. The molecule has 112 valence electrons. The van der Waals surface area contributed by atoms with E-state index in [9.17, 15) is 30.4 Å². The minimum absolute atomic E-state index is 0.442. The maximum Gasteiger partial charge on any atom is 0.262 e. The van der Waals surface area contributed by atoms with Gasteiger partial charge in [-0.2, -0.15) is 0 Å². The molecular weight excluding hydrogens is 317 g/mol. The first-order chi connectivity index (χ1) is 9.70. The first-order valence-corrected chi connectivity index (χ1v) is 6.81. The topological polar surface area (TPSA) is 46.2 Å². The summed E-state index contributed by atoms with van der Waals surface area (Å²) >= 11 is 0. The van der Waals surface area contributed by atoms with Gasteiger partial charge in [-0.1, -0.05) is 0 Å². The van der Waals surface area contributed by atoms with Crippen LogP contribution in [-0.4, -0.2) is 8.42 Å². The number of halogens is 5. The summed E-state index contributed by atoms with van der Waals surface area (Å²) in [6.07, 6.45) is 0. The van der Waals surface area contributed by atoms with Crippen molar-refractivity contribution < 1.29 is 30.4 Å². The van der Waals surface area contributed by atoms with Crippen LogP contribution in [0, 0.1) is 29.1 Å². The molecule has 0 bridgehead atoms. The Hall–Kier alpha value is -2.16. The van der Waals surface area contributed by atoms with Crippen LogP contribution in [0.1, 0.15) is 0 Å². The Balaban J connectivity index is 2.45. The Kier molecular flexibility index (Phi) is 3.86. The lowest BCUT2D eigenvalue weighted by Crippen LogP contribution is -2.15. The molecule has 0 aliphatic rings. The van der Waals surface area contributed by atoms with Gasteiger partial charge in [0.25, 0.3) is 10.0 Å². The zero-order valence-electron chi connectivity index (χ0n) is 10.0. The molecule has 21 heavy (non-hydrogen) atoms. The number of anilines is 1. The van der Waals surface area contributed by atoms with Crippen molar-refractivity contribution in [3.8, 4) is 0 Å². The first kappa shape index (κ1) is 15.2. The molecule has 0 unspecified atom stereocenters. The number of hydrogen-bond donors (Lipinski definition) is 1. The Morgan fingerprint density at radius 2 is 1.38 bits per heavy atom.